The van der Waals surface area contributed by atoms with Crippen molar-refractivity contribution in [3.63, 3.8) is 0 Å². The number of hydrogen-bond donors (Lipinski definition) is 0. The Bertz CT molecular complexity index is 693. The van der Waals surface area contributed by atoms with Crippen LogP contribution in [0.15, 0.2) is 36.0 Å². The second-order valence-corrected chi connectivity index (χ2v) is 4.39. The Balaban J connectivity index is 2.80. The molecule has 2 rings (SSSR count). The average Bonchev–Trinajstić information content (AvgIpc) is 2.32. The van der Waals surface area contributed by atoms with Crippen LogP contribution in [0, 0.1) is 6.92 Å². The van der Waals surface area contributed by atoms with E-state index < -0.39 is 0 Å². The van der Waals surface area contributed by atoms with Crippen molar-refractivity contribution in [1.29, 1.82) is 0 Å². The second kappa shape index (κ2) is 4.54. The molecule has 0 atom stereocenters. The van der Waals surface area contributed by atoms with Crippen molar-refractivity contribution in [3.8, 4) is 0 Å². The van der Waals surface area contributed by atoms with Crippen molar-refractivity contribution >= 4 is 23.6 Å². The molecule has 2 aromatic rings. The van der Waals surface area contributed by atoms with E-state index in [0.29, 0.717) is 0 Å². The Morgan fingerprint density at radius 2 is 2.12 bits per heavy atom. The van der Waals surface area contributed by atoms with Crippen LogP contribution in [0.25, 0.3) is 23.6 Å². The van der Waals surface area contributed by atoms with Gasteiger partial charge >= 0.3 is 0 Å². The predicted molar refractivity (Wildman–Crippen MR) is 75.1 cm³/mol. The normalized spacial score (nSPS) is 13.4. The molecule has 1 nitrogen and oxygen atoms in total. The van der Waals surface area contributed by atoms with E-state index in [-0.39, 0.29) is 0 Å². The van der Waals surface area contributed by atoms with Crippen LogP contribution in [0.3, 0.4) is 0 Å². The summed E-state index contributed by atoms with van der Waals surface area (Å²) in [5.41, 5.74) is 3.41. The second-order valence-electron chi connectivity index (χ2n) is 4.39. The van der Waals surface area contributed by atoms with Crippen molar-refractivity contribution in [1.82, 2.24) is 4.98 Å². The summed E-state index contributed by atoms with van der Waals surface area (Å²) in [4.78, 5) is 4.47. The molecule has 1 aromatic heterocycles. The van der Waals surface area contributed by atoms with E-state index in [4.69, 9.17) is 0 Å². The zero-order valence-corrected chi connectivity index (χ0v) is 10.6. The Labute approximate surface area is 102 Å². The lowest BCUT2D eigenvalue weighted by atomic mass is 10.1. The molecule has 0 N–H and O–H groups in total. The number of rotatable bonds is 1. The van der Waals surface area contributed by atoms with Crippen LogP contribution < -0.4 is 10.4 Å². The molecule has 0 unspecified atom stereocenters. The summed E-state index contributed by atoms with van der Waals surface area (Å²) in [5, 5.41) is 3.30. The maximum Gasteiger partial charge on any atom is 0.0774 e. The highest BCUT2D eigenvalue weighted by Crippen LogP contribution is 2.07. The van der Waals surface area contributed by atoms with Gasteiger partial charge in [-0.2, -0.15) is 0 Å². The number of fused-ring (bicyclic) bond motifs is 1. The molecule has 1 heteroatoms. The third-order valence-electron chi connectivity index (χ3n) is 2.97. The number of benzene rings is 1. The molecule has 1 aromatic carbocycles. The Morgan fingerprint density at radius 3 is 2.82 bits per heavy atom. The molecule has 0 saturated heterocycles. The fourth-order valence-electron chi connectivity index (χ4n) is 1.85. The smallest absolute Gasteiger partial charge is 0.0774 e. The number of nitrogens with zero attached hydrogens (tertiary/aromatic N) is 1. The van der Waals surface area contributed by atoms with E-state index >= 15 is 0 Å². The van der Waals surface area contributed by atoms with Gasteiger partial charge in [-0.15, -0.1) is 0 Å². The van der Waals surface area contributed by atoms with Crippen LogP contribution in [-0.2, 0) is 0 Å². The summed E-state index contributed by atoms with van der Waals surface area (Å²) in [6.07, 6.45) is 6.12. The van der Waals surface area contributed by atoms with E-state index in [2.05, 4.69) is 55.8 Å². The van der Waals surface area contributed by atoms with Crippen molar-refractivity contribution in [2.75, 3.05) is 0 Å². The minimum atomic E-state index is 0.994. The highest BCUT2D eigenvalue weighted by Gasteiger charge is 1.97. The van der Waals surface area contributed by atoms with Crippen LogP contribution in [-0.4, -0.2) is 4.98 Å². The number of aromatic nitrogens is 1. The highest BCUT2D eigenvalue weighted by molar-refractivity contribution is 5.80. The number of allylic oxidation sites excluding steroid dienone is 2. The van der Waals surface area contributed by atoms with E-state index in [1.54, 1.807) is 0 Å². The first-order valence-corrected chi connectivity index (χ1v) is 5.81. The summed E-state index contributed by atoms with van der Waals surface area (Å²) in [6, 6.07) is 6.36. The highest BCUT2D eigenvalue weighted by atomic mass is 14.6. The molecule has 0 bridgehead atoms. The molecule has 17 heavy (non-hydrogen) atoms. The molecular formula is C16H17N. The molecule has 0 aliphatic rings. The Morgan fingerprint density at radius 1 is 1.35 bits per heavy atom. The molecular weight excluding hydrogens is 206 g/mol. The van der Waals surface area contributed by atoms with Crippen molar-refractivity contribution in [3.05, 3.63) is 52.0 Å². The van der Waals surface area contributed by atoms with E-state index in [1.165, 1.54) is 11.1 Å². The van der Waals surface area contributed by atoms with E-state index in [0.717, 1.165) is 21.3 Å². The average molecular weight is 223 g/mol. The molecule has 0 amide bonds. The van der Waals surface area contributed by atoms with Gasteiger partial charge in [0, 0.05) is 16.8 Å². The molecule has 86 valence electrons. The summed E-state index contributed by atoms with van der Waals surface area (Å²) in [5.74, 6) is 0. The third kappa shape index (κ3) is 2.28. The first kappa shape index (κ1) is 11.6. The minimum Gasteiger partial charge on any atom is -0.255 e. The van der Waals surface area contributed by atoms with Gasteiger partial charge in [-0.25, -0.2) is 0 Å². The van der Waals surface area contributed by atoms with Crippen LogP contribution in [0.2, 0.25) is 0 Å². The molecule has 0 spiro atoms. The lowest BCUT2D eigenvalue weighted by Crippen LogP contribution is -2.24. The van der Waals surface area contributed by atoms with Crippen LogP contribution >= 0.6 is 0 Å². The summed E-state index contributed by atoms with van der Waals surface area (Å²) in [7, 11) is 0. The predicted octanol–water partition coefficient (Wildman–Crippen LogP) is 2.70. The molecule has 0 aliphatic carbocycles. The van der Waals surface area contributed by atoms with Crippen molar-refractivity contribution in [2.45, 2.75) is 20.8 Å². The number of pyridine rings is 1. The molecule has 1 heterocycles. The summed E-state index contributed by atoms with van der Waals surface area (Å²) in [6.45, 7) is 10.3. The van der Waals surface area contributed by atoms with Crippen molar-refractivity contribution in [2.24, 2.45) is 0 Å². The van der Waals surface area contributed by atoms with Crippen LogP contribution in [0.5, 0.6) is 0 Å². The van der Waals surface area contributed by atoms with E-state index in [1.807, 2.05) is 13.1 Å². The minimum absolute atomic E-state index is 0.994. The van der Waals surface area contributed by atoms with Gasteiger partial charge in [-0.05, 0) is 37.6 Å². The van der Waals surface area contributed by atoms with Gasteiger partial charge in [0.2, 0.25) is 0 Å². The number of hydrogen-bond acceptors (Lipinski definition) is 1. The largest absolute Gasteiger partial charge is 0.255 e. The molecule has 0 radical (unpaired) electrons. The molecule has 0 saturated carbocycles. The molecule has 0 aliphatic heterocycles. The molecule has 0 fully saturated rings. The third-order valence-corrected chi connectivity index (χ3v) is 2.97. The van der Waals surface area contributed by atoms with Gasteiger partial charge in [0.1, 0.15) is 0 Å². The zero-order chi connectivity index (χ0) is 12.4. The van der Waals surface area contributed by atoms with Gasteiger partial charge in [0.05, 0.1) is 5.52 Å². The Kier molecular flexibility index (Phi) is 3.10. The van der Waals surface area contributed by atoms with Gasteiger partial charge in [0.15, 0.2) is 0 Å². The van der Waals surface area contributed by atoms with Gasteiger partial charge in [0.25, 0.3) is 0 Å². The Hall–Kier alpha value is -1.89. The number of aryl methyl sites for hydroxylation is 1. The van der Waals surface area contributed by atoms with Gasteiger partial charge in [-0.1, -0.05) is 36.4 Å². The lowest BCUT2D eigenvalue weighted by molar-refractivity contribution is 1.32. The topological polar surface area (TPSA) is 12.9 Å². The zero-order valence-electron chi connectivity index (χ0n) is 10.6. The summed E-state index contributed by atoms with van der Waals surface area (Å²) < 4.78 is 0. The van der Waals surface area contributed by atoms with Crippen LogP contribution in [0.1, 0.15) is 19.4 Å². The lowest BCUT2D eigenvalue weighted by Gasteiger charge is -2.00. The SMILES string of the molecule is C=c1/c(=C\C(C)=C/C)ccc2cc(C)cnc12. The first-order valence-electron chi connectivity index (χ1n) is 5.81. The van der Waals surface area contributed by atoms with Crippen LogP contribution in [0.4, 0.5) is 0 Å². The standard InChI is InChI=1S/C16H17N/c1-5-11(2)8-14-6-7-15-9-12(3)10-17-16(15)13(14)4/h5-10H,4H2,1-3H3/b11-5-,14-8-. The maximum atomic E-state index is 4.47. The first-order chi connectivity index (χ1) is 8.11. The summed E-state index contributed by atoms with van der Waals surface area (Å²) >= 11 is 0. The fraction of sp³-hybridized carbons (Fsp3) is 0.188. The van der Waals surface area contributed by atoms with E-state index in [9.17, 15) is 0 Å². The monoisotopic (exact) mass is 223 g/mol. The van der Waals surface area contributed by atoms with Gasteiger partial charge < -0.3 is 0 Å². The van der Waals surface area contributed by atoms with Gasteiger partial charge in [-0.3, -0.25) is 4.98 Å². The quantitative estimate of drug-likeness (QED) is 0.724. The van der Waals surface area contributed by atoms with Crippen molar-refractivity contribution < 1.29 is 0 Å². The fourth-order valence-corrected chi connectivity index (χ4v) is 1.85. The maximum absolute atomic E-state index is 4.47.